The summed E-state index contributed by atoms with van der Waals surface area (Å²) in [4.78, 5) is 7.08. The van der Waals surface area contributed by atoms with E-state index < -0.39 is 0 Å². The summed E-state index contributed by atoms with van der Waals surface area (Å²) in [7, 11) is 1.72. The number of methoxy groups -OCH3 is 1. The van der Waals surface area contributed by atoms with Crippen LogP contribution in [0.5, 0.6) is 5.75 Å². The van der Waals surface area contributed by atoms with E-state index in [0.717, 1.165) is 42.1 Å². The number of rotatable bonds is 5. The Hall–Kier alpha value is -1.13. The normalized spacial score (nSPS) is 21.3. The molecule has 2 rings (SSSR count). The highest BCUT2D eigenvalue weighted by molar-refractivity contribution is 5.41. The van der Waals surface area contributed by atoms with Gasteiger partial charge in [-0.1, -0.05) is 6.42 Å². The number of ether oxygens (including phenoxy) is 1. The Morgan fingerprint density at radius 1 is 1.43 bits per heavy atom. The summed E-state index contributed by atoms with van der Waals surface area (Å²) in [6, 6.07) is 0.465. The van der Waals surface area contributed by atoms with E-state index in [2.05, 4.69) is 16.8 Å². The molecule has 1 aliphatic heterocycles. The second kappa shape index (κ2) is 7.23. The van der Waals surface area contributed by atoms with Crippen LogP contribution in [0, 0.1) is 13.8 Å². The standard InChI is InChI=1S/C17H28N2O2/c1-12-10-18-16(14(3)17(12)21-4)11-19-8-6-5-7-15(19)9-13(2)20/h10,13,15,20H,5-9,11H2,1-4H3. The van der Waals surface area contributed by atoms with E-state index in [1.807, 2.05) is 20.0 Å². The van der Waals surface area contributed by atoms with Crippen LogP contribution in [-0.2, 0) is 6.54 Å². The molecule has 0 bridgehead atoms. The number of aromatic nitrogens is 1. The smallest absolute Gasteiger partial charge is 0.128 e. The zero-order valence-corrected chi connectivity index (χ0v) is 13.7. The Balaban J connectivity index is 2.15. The zero-order valence-electron chi connectivity index (χ0n) is 13.7. The van der Waals surface area contributed by atoms with Gasteiger partial charge in [-0.05, 0) is 46.6 Å². The van der Waals surface area contributed by atoms with E-state index in [1.165, 1.54) is 19.3 Å². The molecule has 2 atom stereocenters. The summed E-state index contributed by atoms with van der Waals surface area (Å²) in [5, 5.41) is 9.70. The van der Waals surface area contributed by atoms with Gasteiger partial charge in [-0.3, -0.25) is 9.88 Å². The number of likely N-dealkylation sites (tertiary alicyclic amines) is 1. The lowest BCUT2D eigenvalue weighted by Crippen LogP contribution is -2.40. The SMILES string of the molecule is COc1c(C)cnc(CN2CCCCC2CC(C)O)c1C. The molecule has 21 heavy (non-hydrogen) atoms. The molecule has 2 unspecified atom stereocenters. The molecule has 0 aromatic carbocycles. The molecule has 1 aliphatic rings. The third-order valence-electron chi connectivity index (χ3n) is 4.46. The van der Waals surface area contributed by atoms with E-state index in [9.17, 15) is 5.11 Å². The van der Waals surface area contributed by atoms with Gasteiger partial charge < -0.3 is 9.84 Å². The van der Waals surface area contributed by atoms with Gasteiger partial charge in [-0.25, -0.2) is 0 Å². The van der Waals surface area contributed by atoms with Crippen molar-refractivity contribution >= 4 is 0 Å². The fraction of sp³-hybridized carbons (Fsp3) is 0.706. The predicted octanol–water partition coefficient (Wildman–Crippen LogP) is 2.83. The fourth-order valence-corrected chi connectivity index (χ4v) is 3.35. The van der Waals surface area contributed by atoms with E-state index in [4.69, 9.17) is 4.74 Å². The Kier molecular flexibility index (Phi) is 5.59. The molecule has 0 radical (unpaired) electrons. The molecule has 0 spiro atoms. The minimum atomic E-state index is -0.239. The quantitative estimate of drug-likeness (QED) is 0.906. The maximum absolute atomic E-state index is 9.70. The summed E-state index contributed by atoms with van der Waals surface area (Å²) in [6.45, 7) is 7.93. The molecule has 4 heteroatoms. The van der Waals surface area contributed by atoms with Gasteiger partial charge in [-0.2, -0.15) is 0 Å². The summed E-state index contributed by atoms with van der Waals surface area (Å²) in [5.41, 5.74) is 3.31. The number of hydrogen-bond donors (Lipinski definition) is 1. The van der Waals surface area contributed by atoms with Gasteiger partial charge in [0.05, 0.1) is 18.9 Å². The van der Waals surface area contributed by atoms with Crippen LogP contribution < -0.4 is 4.74 Å². The molecule has 2 heterocycles. The van der Waals surface area contributed by atoms with E-state index >= 15 is 0 Å². The van der Waals surface area contributed by atoms with Gasteiger partial charge in [0.2, 0.25) is 0 Å². The van der Waals surface area contributed by atoms with Gasteiger partial charge in [0.25, 0.3) is 0 Å². The average Bonchev–Trinajstić information content (AvgIpc) is 2.44. The van der Waals surface area contributed by atoms with Crippen LogP contribution in [0.1, 0.15) is 49.4 Å². The number of aliphatic hydroxyl groups is 1. The Bertz CT molecular complexity index is 474. The Labute approximate surface area is 128 Å². The van der Waals surface area contributed by atoms with Gasteiger partial charge in [0.15, 0.2) is 0 Å². The molecule has 1 aromatic rings. The molecule has 1 fully saturated rings. The van der Waals surface area contributed by atoms with Crippen molar-refractivity contribution in [3.63, 3.8) is 0 Å². The summed E-state index contributed by atoms with van der Waals surface area (Å²) in [5.74, 6) is 0.948. The van der Waals surface area contributed by atoms with Crippen molar-refractivity contribution in [2.45, 2.75) is 65.1 Å². The number of piperidine rings is 1. The number of hydrogen-bond acceptors (Lipinski definition) is 4. The van der Waals surface area contributed by atoms with Crippen molar-refractivity contribution in [3.8, 4) is 5.75 Å². The van der Waals surface area contributed by atoms with Crippen molar-refractivity contribution in [1.29, 1.82) is 0 Å². The molecule has 0 aliphatic carbocycles. The molecule has 4 nitrogen and oxygen atoms in total. The third kappa shape index (κ3) is 3.95. The third-order valence-corrected chi connectivity index (χ3v) is 4.46. The first-order valence-electron chi connectivity index (χ1n) is 7.94. The van der Waals surface area contributed by atoms with Crippen molar-refractivity contribution < 1.29 is 9.84 Å². The van der Waals surface area contributed by atoms with Gasteiger partial charge in [-0.15, -0.1) is 0 Å². The maximum Gasteiger partial charge on any atom is 0.128 e. The molecule has 1 saturated heterocycles. The maximum atomic E-state index is 9.70. The molecular formula is C17H28N2O2. The van der Waals surface area contributed by atoms with Crippen molar-refractivity contribution in [2.24, 2.45) is 0 Å². The molecule has 0 amide bonds. The van der Waals surface area contributed by atoms with Crippen molar-refractivity contribution in [1.82, 2.24) is 9.88 Å². The first-order valence-corrected chi connectivity index (χ1v) is 7.94. The van der Waals surface area contributed by atoms with Crippen molar-refractivity contribution in [3.05, 3.63) is 23.0 Å². The number of pyridine rings is 1. The van der Waals surface area contributed by atoms with Crippen LogP contribution in [0.3, 0.4) is 0 Å². The molecule has 118 valence electrons. The van der Waals surface area contributed by atoms with Crippen LogP contribution in [0.15, 0.2) is 6.20 Å². The van der Waals surface area contributed by atoms with Crippen LogP contribution in [0.2, 0.25) is 0 Å². The number of aliphatic hydroxyl groups excluding tert-OH is 1. The minimum absolute atomic E-state index is 0.239. The molecule has 1 N–H and O–H groups in total. The summed E-state index contributed by atoms with van der Waals surface area (Å²) >= 11 is 0. The molecule has 0 saturated carbocycles. The van der Waals surface area contributed by atoms with Gasteiger partial charge in [0.1, 0.15) is 5.75 Å². The first kappa shape index (κ1) is 16.2. The van der Waals surface area contributed by atoms with Crippen LogP contribution >= 0.6 is 0 Å². The first-order chi connectivity index (χ1) is 10.0. The van der Waals surface area contributed by atoms with Crippen molar-refractivity contribution in [2.75, 3.05) is 13.7 Å². The second-order valence-electron chi connectivity index (χ2n) is 6.25. The van der Waals surface area contributed by atoms with Gasteiger partial charge in [0, 0.05) is 29.9 Å². The lowest BCUT2D eigenvalue weighted by molar-refractivity contribution is 0.0807. The topological polar surface area (TPSA) is 45.6 Å². The highest BCUT2D eigenvalue weighted by Gasteiger charge is 2.25. The number of aryl methyl sites for hydroxylation is 1. The van der Waals surface area contributed by atoms with E-state index in [-0.39, 0.29) is 6.10 Å². The Morgan fingerprint density at radius 3 is 2.86 bits per heavy atom. The fourth-order valence-electron chi connectivity index (χ4n) is 3.35. The predicted molar refractivity (Wildman–Crippen MR) is 84.6 cm³/mol. The number of nitrogens with zero attached hydrogens (tertiary/aromatic N) is 2. The summed E-state index contributed by atoms with van der Waals surface area (Å²) in [6.07, 6.45) is 6.18. The van der Waals surface area contributed by atoms with Crippen LogP contribution in [0.4, 0.5) is 0 Å². The highest BCUT2D eigenvalue weighted by atomic mass is 16.5. The minimum Gasteiger partial charge on any atom is -0.496 e. The van der Waals surface area contributed by atoms with Crippen LogP contribution in [-0.4, -0.2) is 40.8 Å². The monoisotopic (exact) mass is 292 g/mol. The molecular weight excluding hydrogens is 264 g/mol. The largest absolute Gasteiger partial charge is 0.496 e. The summed E-state index contributed by atoms with van der Waals surface area (Å²) < 4.78 is 5.50. The lowest BCUT2D eigenvalue weighted by Gasteiger charge is -2.36. The van der Waals surface area contributed by atoms with Crippen LogP contribution in [0.25, 0.3) is 0 Å². The zero-order chi connectivity index (χ0) is 15.4. The molecule has 1 aromatic heterocycles. The highest BCUT2D eigenvalue weighted by Crippen LogP contribution is 2.27. The average molecular weight is 292 g/mol. The Morgan fingerprint density at radius 2 is 2.19 bits per heavy atom. The van der Waals surface area contributed by atoms with Gasteiger partial charge >= 0.3 is 0 Å². The van der Waals surface area contributed by atoms with E-state index in [0.29, 0.717) is 6.04 Å². The lowest BCUT2D eigenvalue weighted by atomic mass is 9.96. The van der Waals surface area contributed by atoms with E-state index in [1.54, 1.807) is 7.11 Å². The second-order valence-corrected chi connectivity index (χ2v) is 6.25.